The zero-order valence-corrected chi connectivity index (χ0v) is 17.1. The highest BCUT2D eigenvalue weighted by atomic mass is 32.1. The van der Waals surface area contributed by atoms with Crippen molar-refractivity contribution in [3.05, 3.63) is 30.6 Å². The van der Waals surface area contributed by atoms with E-state index in [2.05, 4.69) is 25.9 Å². The monoisotopic (exact) mass is 414 g/mol. The third-order valence-corrected chi connectivity index (χ3v) is 6.30. The zero-order chi connectivity index (χ0) is 19.6. The molecular weight excluding hydrogens is 388 g/mol. The highest BCUT2D eigenvalue weighted by molar-refractivity contribution is 7.80. The lowest BCUT2D eigenvalue weighted by Crippen LogP contribution is -2.50. The van der Waals surface area contributed by atoms with Gasteiger partial charge in [0.15, 0.2) is 5.11 Å². The Labute approximate surface area is 175 Å². The van der Waals surface area contributed by atoms with Crippen molar-refractivity contribution in [3.63, 3.8) is 0 Å². The van der Waals surface area contributed by atoms with Gasteiger partial charge in [-0.3, -0.25) is 4.98 Å². The number of nitrogens with one attached hydrogen (secondary N) is 2. The van der Waals surface area contributed by atoms with Crippen molar-refractivity contribution in [2.75, 3.05) is 13.2 Å². The minimum absolute atomic E-state index is 0.00311. The molecule has 2 N–H and O–H groups in total. The van der Waals surface area contributed by atoms with Crippen LogP contribution in [-0.2, 0) is 9.47 Å². The van der Waals surface area contributed by atoms with Gasteiger partial charge in [-0.1, -0.05) is 30.5 Å². The molecule has 4 heterocycles. The predicted molar refractivity (Wildman–Crippen MR) is 111 cm³/mol. The summed E-state index contributed by atoms with van der Waals surface area (Å²) in [7, 11) is 0. The van der Waals surface area contributed by atoms with Gasteiger partial charge in [0.2, 0.25) is 0 Å². The van der Waals surface area contributed by atoms with Crippen LogP contribution in [0.1, 0.15) is 38.1 Å². The van der Waals surface area contributed by atoms with E-state index < -0.39 is 0 Å². The first-order chi connectivity index (χ1) is 14.3. The predicted octanol–water partition coefficient (Wildman–Crippen LogP) is 1.84. The SMILES string of the molecule is S=C(NC1CCCCC1)N[C@H]1CO[C@H]2[C@@H]1OC[C@@H]2n1cc(-c2ccccn2)nn1. The minimum Gasteiger partial charge on any atom is -0.371 e. The molecule has 3 fully saturated rings. The molecule has 0 unspecified atom stereocenters. The second kappa shape index (κ2) is 8.33. The summed E-state index contributed by atoms with van der Waals surface area (Å²) >= 11 is 5.54. The standard InChI is InChI=1S/C20H26N6O2S/c29-20(22-13-6-2-1-3-7-13)23-16-11-27-19-17(12-28-18(16)19)26-10-15(24-25-26)14-8-4-5-9-21-14/h4-5,8-10,13,16-19H,1-3,6-7,11-12H2,(H2,22,23,29)/t16-,17-,18+,19+/m0/s1. The van der Waals surface area contributed by atoms with Gasteiger partial charge in [0.05, 0.1) is 31.1 Å². The summed E-state index contributed by atoms with van der Waals surface area (Å²) in [6.07, 6.45) is 9.83. The molecule has 0 bridgehead atoms. The van der Waals surface area contributed by atoms with Gasteiger partial charge in [-0.25, -0.2) is 4.68 Å². The summed E-state index contributed by atoms with van der Waals surface area (Å²) in [6, 6.07) is 6.28. The van der Waals surface area contributed by atoms with Crippen molar-refractivity contribution in [2.45, 2.75) is 62.4 Å². The van der Waals surface area contributed by atoms with E-state index in [0.717, 1.165) is 11.4 Å². The molecule has 2 saturated heterocycles. The van der Waals surface area contributed by atoms with Crippen molar-refractivity contribution in [2.24, 2.45) is 0 Å². The maximum absolute atomic E-state index is 6.08. The van der Waals surface area contributed by atoms with Crippen LogP contribution in [0.2, 0.25) is 0 Å². The average molecular weight is 415 g/mol. The van der Waals surface area contributed by atoms with E-state index >= 15 is 0 Å². The second-order valence-electron chi connectivity index (χ2n) is 8.02. The first kappa shape index (κ1) is 18.9. The number of rotatable bonds is 4. The van der Waals surface area contributed by atoms with Gasteiger partial charge in [-0.15, -0.1) is 5.10 Å². The van der Waals surface area contributed by atoms with Crippen LogP contribution < -0.4 is 10.6 Å². The van der Waals surface area contributed by atoms with Gasteiger partial charge < -0.3 is 20.1 Å². The van der Waals surface area contributed by atoms with Crippen molar-refractivity contribution >= 4 is 17.3 Å². The van der Waals surface area contributed by atoms with Crippen LogP contribution in [0.25, 0.3) is 11.4 Å². The first-order valence-electron chi connectivity index (χ1n) is 10.4. The quantitative estimate of drug-likeness (QED) is 0.733. The number of fused-ring (bicyclic) bond motifs is 1. The van der Waals surface area contributed by atoms with Crippen molar-refractivity contribution in [1.29, 1.82) is 0 Å². The van der Waals surface area contributed by atoms with Crippen LogP contribution in [0.3, 0.4) is 0 Å². The molecule has 2 aliphatic heterocycles. The summed E-state index contributed by atoms with van der Waals surface area (Å²) in [6.45, 7) is 1.11. The summed E-state index contributed by atoms with van der Waals surface area (Å²) in [4.78, 5) is 4.34. The average Bonchev–Trinajstić information content (AvgIpc) is 3.47. The van der Waals surface area contributed by atoms with Crippen molar-refractivity contribution < 1.29 is 9.47 Å². The molecular formula is C20H26N6O2S. The van der Waals surface area contributed by atoms with E-state index in [1.54, 1.807) is 6.20 Å². The van der Waals surface area contributed by atoms with E-state index in [0.29, 0.717) is 24.4 Å². The highest BCUT2D eigenvalue weighted by Gasteiger charge is 2.49. The van der Waals surface area contributed by atoms with E-state index in [4.69, 9.17) is 21.7 Å². The van der Waals surface area contributed by atoms with Crippen molar-refractivity contribution in [1.82, 2.24) is 30.6 Å². The second-order valence-corrected chi connectivity index (χ2v) is 8.43. The van der Waals surface area contributed by atoms with Gasteiger partial charge >= 0.3 is 0 Å². The fraction of sp³-hybridized carbons (Fsp3) is 0.600. The molecule has 29 heavy (non-hydrogen) atoms. The van der Waals surface area contributed by atoms with E-state index in [1.807, 2.05) is 29.1 Å². The molecule has 154 valence electrons. The Hall–Kier alpha value is -2.10. The summed E-state index contributed by atoms with van der Waals surface area (Å²) < 4.78 is 14.0. The van der Waals surface area contributed by atoms with Gasteiger partial charge in [0.1, 0.15) is 23.9 Å². The Morgan fingerprint density at radius 1 is 1.03 bits per heavy atom. The number of pyridine rings is 1. The molecule has 8 nitrogen and oxygen atoms in total. The van der Waals surface area contributed by atoms with Gasteiger partial charge in [-0.05, 0) is 37.2 Å². The van der Waals surface area contributed by atoms with Crippen LogP contribution in [0.5, 0.6) is 0 Å². The van der Waals surface area contributed by atoms with E-state index in [1.165, 1.54) is 32.1 Å². The molecule has 9 heteroatoms. The number of aromatic nitrogens is 4. The normalized spacial score (nSPS) is 29.5. The number of hydrogen-bond donors (Lipinski definition) is 2. The number of thiocarbonyl (C=S) groups is 1. The first-order valence-corrected chi connectivity index (χ1v) is 10.8. The number of hydrogen-bond acceptors (Lipinski definition) is 6. The Kier molecular flexibility index (Phi) is 5.43. The lowest BCUT2D eigenvalue weighted by atomic mass is 9.96. The lowest BCUT2D eigenvalue weighted by molar-refractivity contribution is 0.0624. The molecule has 5 rings (SSSR count). The largest absolute Gasteiger partial charge is 0.371 e. The molecule has 0 amide bonds. The maximum Gasteiger partial charge on any atom is 0.166 e. The van der Waals surface area contributed by atoms with E-state index in [9.17, 15) is 0 Å². The Balaban J connectivity index is 1.20. The molecule has 4 atom stereocenters. The Bertz CT molecular complexity index is 841. The topological polar surface area (TPSA) is 86.1 Å². The summed E-state index contributed by atoms with van der Waals surface area (Å²) in [5, 5.41) is 16.2. The van der Waals surface area contributed by atoms with E-state index in [-0.39, 0.29) is 24.3 Å². The fourth-order valence-corrected chi connectivity index (χ4v) is 4.86. The summed E-state index contributed by atoms with van der Waals surface area (Å²) in [5.41, 5.74) is 1.56. The van der Waals surface area contributed by atoms with Crippen LogP contribution >= 0.6 is 12.2 Å². The maximum atomic E-state index is 6.08. The van der Waals surface area contributed by atoms with Crippen LogP contribution in [-0.4, -0.2) is 62.6 Å². The van der Waals surface area contributed by atoms with Crippen LogP contribution in [0.15, 0.2) is 30.6 Å². The molecule has 0 radical (unpaired) electrons. The molecule has 0 spiro atoms. The van der Waals surface area contributed by atoms with Gasteiger partial charge in [0.25, 0.3) is 0 Å². The number of ether oxygens (including phenoxy) is 2. The Morgan fingerprint density at radius 2 is 1.90 bits per heavy atom. The molecule has 2 aromatic heterocycles. The van der Waals surface area contributed by atoms with Gasteiger partial charge in [0, 0.05) is 12.2 Å². The highest BCUT2D eigenvalue weighted by Crippen LogP contribution is 2.34. The van der Waals surface area contributed by atoms with Crippen LogP contribution in [0.4, 0.5) is 0 Å². The minimum atomic E-state index is -0.0664. The zero-order valence-electron chi connectivity index (χ0n) is 16.2. The van der Waals surface area contributed by atoms with Crippen LogP contribution in [0, 0.1) is 0 Å². The smallest absolute Gasteiger partial charge is 0.166 e. The Morgan fingerprint density at radius 3 is 2.72 bits per heavy atom. The lowest BCUT2D eigenvalue weighted by Gasteiger charge is -2.26. The molecule has 3 aliphatic rings. The van der Waals surface area contributed by atoms with Crippen molar-refractivity contribution in [3.8, 4) is 11.4 Å². The molecule has 0 aromatic carbocycles. The molecule has 2 aromatic rings. The van der Waals surface area contributed by atoms with Gasteiger partial charge in [-0.2, -0.15) is 0 Å². The molecule has 1 aliphatic carbocycles. The number of nitrogens with zero attached hydrogens (tertiary/aromatic N) is 4. The third kappa shape index (κ3) is 3.99. The third-order valence-electron chi connectivity index (χ3n) is 6.06. The summed E-state index contributed by atoms with van der Waals surface area (Å²) in [5.74, 6) is 0. The molecule has 1 saturated carbocycles. The fourth-order valence-electron chi connectivity index (χ4n) is 4.54.